The molecule has 0 saturated carbocycles. The van der Waals surface area contributed by atoms with E-state index in [1.807, 2.05) is 29.2 Å². The maximum Gasteiger partial charge on any atom is 0.226 e. The van der Waals surface area contributed by atoms with Gasteiger partial charge in [0.2, 0.25) is 5.91 Å². The molecule has 1 aromatic rings. The van der Waals surface area contributed by atoms with Crippen LogP contribution < -0.4 is 10.1 Å². The van der Waals surface area contributed by atoms with Gasteiger partial charge in [-0.05, 0) is 31.2 Å². The number of nitrogens with zero attached hydrogens (tertiary/aromatic N) is 1. The monoisotopic (exact) mass is 362 g/mol. The summed E-state index contributed by atoms with van der Waals surface area (Å²) in [6.45, 7) is 3.97. The summed E-state index contributed by atoms with van der Waals surface area (Å²) in [5, 5.41) is 3.29. The first kappa shape index (κ1) is 17.3. The number of hydrogen-bond donors (Lipinski definition) is 1. The van der Waals surface area contributed by atoms with Gasteiger partial charge in [0.15, 0.2) is 0 Å². The second-order valence-electron chi connectivity index (χ2n) is 4.54. The minimum absolute atomic E-state index is 0. The van der Waals surface area contributed by atoms with Gasteiger partial charge in [0.05, 0.1) is 13.0 Å². The van der Waals surface area contributed by atoms with Crippen molar-refractivity contribution in [1.29, 1.82) is 0 Å². The van der Waals surface area contributed by atoms with Crippen molar-refractivity contribution in [2.75, 3.05) is 32.8 Å². The minimum atomic E-state index is 0. The predicted molar refractivity (Wildman–Crippen MR) is 85.6 cm³/mol. The summed E-state index contributed by atoms with van der Waals surface area (Å²) in [5.41, 5.74) is 0. The van der Waals surface area contributed by atoms with Gasteiger partial charge >= 0.3 is 0 Å². The van der Waals surface area contributed by atoms with Crippen LogP contribution in [0.3, 0.4) is 0 Å². The van der Waals surface area contributed by atoms with Crippen molar-refractivity contribution in [3.63, 3.8) is 0 Å². The van der Waals surface area contributed by atoms with Crippen molar-refractivity contribution >= 4 is 34.2 Å². The van der Waals surface area contributed by atoms with Crippen LogP contribution in [0.1, 0.15) is 12.8 Å². The molecule has 0 bridgehead atoms. The highest BCUT2D eigenvalue weighted by Gasteiger charge is 2.14. The van der Waals surface area contributed by atoms with Gasteiger partial charge in [-0.2, -0.15) is 0 Å². The van der Waals surface area contributed by atoms with Gasteiger partial charge in [-0.25, -0.2) is 0 Å². The van der Waals surface area contributed by atoms with Crippen molar-refractivity contribution in [2.45, 2.75) is 12.8 Å². The summed E-state index contributed by atoms with van der Waals surface area (Å²) in [4.78, 5) is 13.9. The number of nitrogens with one attached hydrogen (secondary N) is 1. The normalized spacial score (nSPS) is 15.2. The lowest BCUT2D eigenvalue weighted by Gasteiger charge is -2.19. The summed E-state index contributed by atoms with van der Waals surface area (Å²) in [6, 6.07) is 7.66. The van der Waals surface area contributed by atoms with E-state index in [2.05, 4.69) is 21.2 Å². The Bertz CT molecular complexity index is 423. The molecule has 1 amide bonds. The van der Waals surface area contributed by atoms with Gasteiger partial charge in [0.1, 0.15) is 5.75 Å². The molecule has 112 valence electrons. The van der Waals surface area contributed by atoms with Crippen LogP contribution in [0.2, 0.25) is 0 Å². The quantitative estimate of drug-likeness (QED) is 0.893. The zero-order valence-electron chi connectivity index (χ0n) is 11.3. The third-order valence-corrected chi connectivity index (χ3v) is 3.57. The number of ether oxygens (including phenoxy) is 1. The molecule has 6 heteroatoms. The first-order valence-corrected chi connectivity index (χ1v) is 7.42. The number of rotatable bonds is 4. The lowest BCUT2D eigenvalue weighted by Crippen LogP contribution is -2.34. The highest BCUT2D eigenvalue weighted by Crippen LogP contribution is 2.17. The van der Waals surface area contributed by atoms with Crippen LogP contribution in [0.5, 0.6) is 5.75 Å². The van der Waals surface area contributed by atoms with Crippen LogP contribution in [0.25, 0.3) is 0 Å². The third kappa shape index (κ3) is 5.69. The number of hydrogen-bond acceptors (Lipinski definition) is 3. The standard InChI is InChI=1S/C14H19BrN2O2.ClH/c15-12-3-1-4-13(11-12)19-10-5-14(18)17-8-2-6-16-7-9-17;/h1,3-4,11,16H,2,5-10H2;1H. The molecule has 0 radical (unpaired) electrons. The Balaban J connectivity index is 0.00000200. The molecule has 0 unspecified atom stereocenters. The maximum absolute atomic E-state index is 12.0. The molecule has 0 atom stereocenters. The molecule has 1 aliphatic rings. The topological polar surface area (TPSA) is 41.6 Å². The third-order valence-electron chi connectivity index (χ3n) is 3.07. The summed E-state index contributed by atoms with van der Waals surface area (Å²) in [6.07, 6.45) is 1.46. The summed E-state index contributed by atoms with van der Waals surface area (Å²) < 4.78 is 6.57. The molecule has 1 aromatic carbocycles. The van der Waals surface area contributed by atoms with Crippen LogP contribution in [-0.4, -0.2) is 43.6 Å². The van der Waals surface area contributed by atoms with Gasteiger partial charge in [-0.1, -0.05) is 22.0 Å². The van der Waals surface area contributed by atoms with Gasteiger partial charge in [0.25, 0.3) is 0 Å². The van der Waals surface area contributed by atoms with E-state index in [1.165, 1.54) is 0 Å². The number of benzene rings is 1. The van der Waals surface area contributed by atoms with E-state index in [9.17, 15) is 4.79 Å². The molecular formula is C14H20BrClN2O2. The van der Waals surface area contributed by atoms with Gasteiger partial charge < -0.3 is 15.0 Å². The van der Waals surface area contributed by atoms with Crippen molar-refractivity contribution < 1.29 is 9.53 Å². The van der Waals surface area contributed by atoms with Crippen LogP contribution in [0, 0.1) is 0 Å². The second kappa shape index (κ2) is 9.21. The van der Waals surface area contributed by atoms with Gasteiger partial charge in [0, 0.05) is 24.1 Å². The van der Waals surface area contributed by atoms with E-state index < -0.39 is 0 Å². The summed E-state index contributed by atoms with van der Waals surface area (Å²) in [7, 11) is 0. The van der Waals surface area contributed by atoms with Crippen molar-refractivity contribution in [3.8, 4) is 5.75 Å². The van der Waals surface area contributed by atoms with Crippen molar-refractivity contribution in [3.05, 3.63) is 28.7 Å². The van der Waals surface area contributed by atoms with Crippen LogP contribution in [0.15, 0.2) is 28.7 Å². The summed E-state index contributed by atoms with van der Waals surface area (Å²) in [5.74, 6) is 0.971. The Morgan fingerprint density at radius 2 is 2.20 bits per heavy atom. The number of halogens is 2. The van der Waals surface area contributed by atoms with Crippen molar-refractivity contribution in [1.82, 2.24) is 10.2 Å². The molecular weight excluding hydrogens is 344 g/mol. The van der Waals surface area contributed by atoms with E-state index in [0.717, 1.165) is 42.8 Å². The molecule has 1 saturated heterocycles. The molecule has 1 aliphatic heterocycles. The smallest absolute Gasteiger partial charge is 0.226 e. The first-order chi connectivity index (χ1) is 9.25. The van der Waals surface area contributed by atoms with E-state index in [4.69, 9.17) is 4.74 Å². The van der Waals surface area contributed by atoms with E-state index in [1.54, 1.807) is 0 Å². The number of carbonyl (C=O) groups is 1. The largest absolute Gasteiger partial charge is 0.493 e. The molecule has 0 spiro atoms. The van der Waals surface area contributed by atoms with E-state index >= 15 is 0 Å². The average molecular weight is 364 g/mol. The summed E-state index contributed by atoms with van der Waals surface area (Å²) >= 11 is 3.39. The van der Waals surface area contributed by atoms with E-state index in [0.29, 0.717) is 13.0 Å². The van der Waals surface area contributed by atoms with Crippen LogP contribution in [-0.2, 0) is 4.79 Å². The molecule has 20 heavy (non-hydrogen) atoms. The molecule has 0 aliphatic carbocycles. The lowest BCUT2D eigenvalue weighted by atomic mass is 10.3. The Morgan fingerprint density at radius 1 is 1.35 bits per heavy atom. The fourth-order valence-electron chi connectivity index (χ4n) is 2.07. The molecule has 4 nitrogen and oxygen atoms in total. The SMILES string of the molecule is Cl.O=C(CCOc1cccc(Br)c1)N1CCCNCC1. The highest BCUT2D eigenvalue weighted by atomic mass is 79.9. The predicted octanol–water partition coefficient (Wildman–Crippen LogP) is 2.46. The van der Waals surface area contributed by atoms with Gasteiger partial charge in [-0.15, -0.1) is 12.4 Å². The van der Waals surface area contributed by atoms with E-state index in [-0.39, 0.29) is 18.3 Å². The maximum atomic E-state index is 12.0. The number of carbonyl (C=O) groups excluding carboxylic acids is 1. The Labute approximate surface area is 134 Å². The molecule has 1 fully saturated rings. The number of amides is 1. The molecule has 0 aromatic heterocycles. The van der Waals surface area contributed by atoms with Crippen molar-refractivity contribution in [2.24, 2.45) is 0 Å². The molecule has 1 N–H and O–H groups in total. The Morgan fingerprint density at radius 3 is 3.00 bits per heavy atom. The fourth-order valence-corrected chi connectivity index (χ4v) is 2.44. The second-order valence-corrected chi connectivity index (χ2v) is 5.46. The fraction of sp³-hybridized carbons (Fsp3) is 0.500. The lowest BCUT2D eigenvalue weighted by molar-refractivity contribution is -0.131. The Hall–Kier alpha value is -0.780. The highest BCUT2D eigenvalue weighted by molar-refractivity contribution is 9.10. The van der Waals surface area contributed by atoms with Crippen LogP contribution >= 0.6 is 28.3 Å². The first-order valence-electron chi connectivity index (χ1n) is 6.62. The average Bonchev–Trinajstić information content (AvgIpc) is 2.67. The zero-order chi connectivity index (χ0) is 13.5. The van der Waals surface area contributed by atoms with Gasteiger partial charge in [-0.3, -0.25) is 4.79 Å². The minimum Gasteiger partial charge on any atom is -0.493 e. The molecule has 2 rings (SSSR count). The Kier molecular flexibility index (Phi) is 7.95. The zero-order valence-corrected chi connectivity index (χ0v) is 13.7. The molecule has 1 heterocycles. The van der Waals surface area contributed by atoms with Crippen LogP contribution in [0.4, 0.5) is 0 Å².